The number of rotatable bonds is 5. The SMILES string of the molecule is CC(=CC(=O)Nc1nc(CN2CC(C)OC(C)C2)cs1)C1CC1. The van der Waals surface area contributed by atoms with Crippen LogP contribution in [0.1, 0.15) is 39.3 Å². The fraction of sp³-hybridized carbons (Fsp3) is 0.647. The molecule has 126 valence electrons. The molecule has 1 aromatic rings. The maximum atomic E-state index is 12.0. The lowest BCUT2D eigenvalue weighted by Crippen LogP contribution is -2.44. The number of morpholine rings is 1. The number of allylic oxidation sites excluding steroid dienone is 1. The number of anilines is 1. The van der Waals surface area contributed by atoms with Crippen molar-refractivity contribution in [3.63, 3.8) is 0 Å². The molecule has 1 amide bonds. The lowest BCUT2D eigenvalue weighted by molar-refractivity contribution is -0.112. The van der Waals surface area contributed by atoms with Gasteiger partial charge in [0.15, 0.2) is 5.13 Å². The van der Waals surface area contributed by atoms with E-state index in [0.717, 1.165) is 25.3 Å². The van der Waals surface area contributed by atoms with E-state index in [9.17, 15) is 4.79 Å². The summed E-state index contributed by atoms with van der Waals surface area (Å²) in [6.45, 7) is 8.89. The molecule has 2 fully saturated rings. The summed E-state index contributed by atoms with van der Waals surface area (Å²) < 4.78 is 5.75. The van der Waals surface area contributed by atoms with Gasteiger partial charge in [-0.1, -0.05) is 5.57 Å². The Morgan fingerprint density at radius 1 is 1.43 bits per heavy atom. The van der Waals surface area contributed by atoms with Gasteiger partial charge in [0.25, 0.3) is 0 Å². The van der Waals surface area contributed by atoms with Crippen LogP contribution in [0.2, 0.25) is 0 Å². The molecule has 1 saturated heterocycles. The highest BCUT2D eigenvalue weighted by atomic mass is 32.1. The van der Waals surface area contributed by atoms with Gasteiger partial charge < -0.3 is 4.74 Å². The van der Waals surface area contributed by atoms with Crippen molar-refractivity contribution in [3.05, 3.63) is 22.7 Å². The smallest absolute Gasteiger partial charge is 0.250 e. The zero-order chi connectivity index (χ0) is 16.4. The molecule has 1 aliphatic heterocycles. The average Bonchev–Trinajstić information content (AvgIpc) is 3.21. The number of hydrogen-bond acceptors (Lipinski definition) is 5. The number of hydrogen-bond donors (Lipinski definition) is 1. The molecule has 2 unspecified atom stereocenters. The molecule has 1 saturated carbocycles. The Kier molecular flexibility index (Phi) is 5.14. The Morgan fingerprint density at radius 2 is 2.13 bits per heavy atom. The summed E-state index contributed by atoms with van der Waals surface area (Å²) in [5, 5.41) is 5.59. The first-order valence-electron chi connectivity index (χ1n) is 8.31. The number of ether oxygens (including phenoxy) is 1. The van der Waals surface area contributed by atoms with Crippen molar-refractivity contribution in [2.45, 2.75) is 52.4 Å². The second-order valence-corrected chi connectivity index (χ2v) is 7.61. The average molecular weight is 335 g/mol. The van der Waals surface area contributed by atoms with Gasteiger partial charge in [-0.3, -0.25) is 15.0 Å². The van der Waals surface area contributed by atoms with Crippen molar-refractivity contribution in [1.82, 2.24) is 9.88 Å². The third kappa shape index (κ3) is 4.86. The van der Waals surface area contributed by atoms with Gasteiger partial charge in [0.1, 0.15) is 0 Å². The van der Waals surface area contributed by atoms with Crippen molar-refractivity contribution in [2.75, 3.05) is 18.4 Å². The van der Waals surface area contributed by atoms with E-state index in [1.807, 2.05) is 12.3 Å². The minimum Gasteiger partial charge on any atom is -0.373 e. The molecule has 6 heteroatoms. The number of carbonyl (C=O) groups excluding carboxylic acids is 1. The van der Waals surface area contributed by atoms with Crippen molar-refractivity contribution < 1.29 is 9.53 Å². The number of amides is 1. The molecule has 0 radical (unpaired) electrons. The Balaban J connectivity index is 1.53. The maximum absolute atomic E-state index is 12.0. The maximum Gasteiger partial charge on any atom is 0.250 e. The minimum absolute atomic E-state index is 0.0658. The van der Waals surface area contributed by atoms with Gasteiger partial charge in [-0.05, 0) is 39.5 Å². The van der Waals surface area contributed by atoms with Gasteiger partial charge in [0.2, 0.25) is 5.91 Å². The van der Waals surface area contributed by atoms with Crippen LogP contribution in [-0.4, -0.2) is 41.1 Å². The molecule has 0 spiro atoms. The molecule has 2 atom stereocenters. The summed E-state index contributed by atoms with van der Waals surface area (Å²) in [5.74, 6) is 0.557. The van der Waals surface area contributed by atoms with E-state index in [-0.39, 0.29) is 18.1 Å². The van der Waals surface area contributed by atoms with Gasteiger partial charge in [-0.15, -0.1) is 11.3 Å². The minimum atomic E-state index is -0.0658. The quantitative estimate of drug-likeness (QED) is 0.840. The highest BCUT2D eigenvalue weighted by Crippen LogP contribution is 2.35. The molecular formula is C17H25N3O2S. The van der Waals surface area contributed by atoms with Crippen molar-refractivity contribution in [1.29, 1.82) is 0 Å². The van der Waals surface area contributed by atoms with Crippen LogP contribution in [0.5, 0.6) is 0 Å². The van der Waals surface area contributed by atoms with Gasteiger partial charge in [0.05, 0.1) is 17.9 Å². The van der Waals surface area contributed by atoms with Crippen LogP contribution in [-0.2, 0) is 16.1 Å². The van der Waals surface area contributed by atoms with E-state index in [1.54, 1.807) is 6.08 Å². The Bertz CT molecular complexity index is 584. The molecule has 1 N–H and O–H groups in total. The van der Waals surface area contributed by atoms with Gasteiger partial charge >= 0.3 is 0 Å². The summed E-state index contributed by atoms with van der Waals surface area (Å²) in [6.07, 6.45) is 4.66. The number of thiazole rings is 1. The lowest BCUT2D eigenvalue weighted by atomic mass is 10.2. The number of aromatic nitrogens is 1. The molecule has 1 aliphatic carbocycles. The van der Waals surface area contributed by atoms with Crippen LogP contribution in [0.15, 0.2) is 17.0 Å². The Morgan fingerprint density at radius 3 is 2.78 bits per heavy atom. The second kappa shape index (κ2) is 7.11. The van der Waals surface area contributed by atoms with Crippen LogP contribution in [0.3, 0.4) is 0 Å². The highest BCUT2D eigenvalue weighted by molar-refractivity contribution is 7.13. The van der Waals surface area contributed by atoms with Gasteiger partial charge in [-0.2, -0.15) is 0 Å². The van der Waals surface area contributed by atoms with Crippen LogP contribution >= 0.6 is 11.3 Å². The predicted molar refractivity (Wildman–Crippen MR) is 92.5 cm³/mol. The number of carbonyl (C=O) groups is 1. The standard InChI is InChI=1S/C17H25N3O2S/c1-11(14-4-5-14)6-16(21)19-17-18-15(10-23-17)9-20-7-12(2)22-13(3)8-20/h6,10,12-14H,4-5,7-9H2,1-3H3,(H,18,19,21). The second-order valence-electron chi connectivity index (χ2n) is 6.75. The van der Waals surface area contributed by atoms with Crippen LogP contribution in [0, 0.1) is 5.92 Å². The topological polar surface area (TPSA) is 54.5 Å². The highest BCUT2D eigenvalue weighted by Gasteiger charge is 2.24. The number of nitrogens with zero attached hydrogens (tertiary/aromatic N) is 2. The zero-order valence-electron chi connectivity index (χ0n) is 14.0. The van der Waals surface area contributed by atoms with E-state index in [2.05, 4.69) is 29.0 Å². The molecule has 23 heavy (non-hydrogen) atoms. The third-order valence-corrected chi connectivity index (χ3v) is 5.05. The number of nitrogens with one attached hydrogen (secondary N) is 1. The molecule has 2 heterocycles. The Labute approximate surface area is 141 Å². The summed E-state index contributed by atoms with van der Waals surface area (Å²) in [4.78, 5) is 18.9. The molecule has 3 rings (SSSR count). The Hall–Kier alpha value is -1.24. The molecule has 1 aromatic heterocycles. The summed E-state index contributed by atoms with van der Waals surface area (Å²) in [6, 6.07) is 0. The van der Waals surface area contributed by atoms with Crippen molar-refractivity contribution in [3.8, 4) is 0 Å². The fourth-order valence-electron chi connectivity index (χ4n) is 3.08. The van der Waals surface area contributed by atoms with E-state index in [0.29, 0.717) is 11.0 Å². The summed E-state index contributed by atoms with van der Waals surface area (Å²) in [5.41, 5.74) is 2.19. The largest absolute Gasteiger partial charge is 0.373 e. The molecule has 2 aliphatic rings. The van der Waals surface area contributed by atoms with E-state index < -0.39 is 0 Å². The first-order valence-corrected chi connectivity index (χ1v) is 9.19. The van der Waals surface area contributed by atoms with E-state index >= 15 is 0 Å². The first-order chi connectivity index (χ1) is 11.0. The molecule has 0 aromatic carbocycles. The summed E-state index contributed by atoms with van der Waals surface area (Å²) in [7, 11) is 0. The van der Waals surface area contributed by atoms with Crippen LogP contribution in [0.4, 0.5) is 5.13 Å². The third-order valence-electron chi connectivity index (χ3n) is 4.24. The van der Waals surface area contributed by atoms with Crippen LogP contribution in [0.25, 0.3) is 0 Å². The van der Waals surface area contributed by atoms with Crippen LogP contribution < -0.4 is 5.32 Å². The summed E-state index contributed by atoms with van der Waals surface area (Å²) >= 11 is 1.49. The predicted octanol–water partition coefficient (Wildman–Crippen LogP) is 3.05. The normalized spacial score (nSPS) is 26.3. The lowest BCUT2D eigenvalue weighted by Gasteiger charge is -2.34. The van der Waals surface area contributed by atoms with Gasteiger partial charge in [-0.25, -0.2) is 4.98 Å². The fourth-order valence-corrected chi connectivity index (χ4v) is 3.79. The van der Waals surface area contributed by atoms with E-state index in [1.165, 1.54) is 29.8 Å². The first kappa shape index (κ1) is 16.6. The zero-order valence-corrected chi connectivity index (χ0v) is 14.9. The van der Waals surface area contributed by atoms with Crippen molar-refractivity contribution in [2.24, 2.45) is 5.92 Å². The molecular weight excluding hydrogens is 310 g/mol. The van der Waals surface area contributed by atoms with Gasteiger partial charge in [0, 0.05) is 31.1 Å². The van der Waals surface area contributed by atoms with E-state index in [4.69, 9.17) is 4.74 Å². The molecule has 0 bridgehead atoms. The van der Waals surface area contributed by atoms with Crippen molar-refractivity contribution >= 4 is 22.4 Å². The monoisotopic (exact) mass is 335 g/mol. The molecule has 5 nitrogen and oxygen atoms in total.